The van der Waals surface area contributed by atoms with Gasteiger partial charge in [0.1, 0.15) is 12.4 Å². The summed E-state index contributed by atoms with van der Waals surface area (Å²) in [6, 6.07) is 5.93. The van der Waals surface area contributed by atoms with Gasteiger partial charge in [0.15, 0.2) is 0 Å². The minimum absolute atomic E-state index is 0.0747. The molecule has 2 N–H and O–H groups in total. The zero-order valence-electron chi connectivity index (χ0n) is 13.4. The van der Waals surface area contributed by atoms with E-state index in [1.807, 2.05) is 25.1 Å². The Bertz CT molecular complexity index is 662. The van der Waals surface area contributed by atoms with E-state index in [1.165, 1.54) is 6.42 Å². The Hall–Kier alpha value is -1.92. The minimum Gasteiger partial charge on any atom is -0.376 e. The van der Waals surface area contributed by atoms with Gasteiger partial charge in [-0.2, -0.15) is 0 Å². The molecule has 0 bridgehead atoms. The molecule has 0 saturated carbocycles. The van der Waals surface area contributed by atoms with Crippen LogP contribution in [0.5, 0.6) is 0 Å². The van der Waals surface area contributed by atoms with Crippen LogP contribution in [0, 0.1) is 6.92 Å². The third kappa shape index (κ3) is 4.53. The Morgan fingerprint density at radius 2 is 2.39 bits per heavy atom. The highest BCUT2D eigenvalue weighted by atomic mass is 16.5. The maximum Gasteiger partial charge on any atom is 0.246 e. The Balaban J connectivity index is 1.40. The zero-order chi connectivity index (χ0) is 16.1. The molecule has 3 rings (SSSR count). The van der Waals surface area contributed by atoms with E-state index in [1.54, 1.807) is 0 Å². The molecule has 1 saturated heterocycles. The number of fused-ring (bicyclic) bond motifs is 1. The van der Waals surface area contributed by atoms with Crippen LogP contribution in [-0.2, 0) is 20.8 Å². The summed E-state index contributed by atoms with van der Waals surface area (Å²) in [6.07, 6.45) is 3.46. The number of imidazole rings is 1. The van der Waals surface area contributed by atoms with Gasteiger partial charge in [0.05, 0.1) is 23.7 Å². The molecule has 1 aliphatic heterocycles. The molecule has 23 heavy (non-hydrogen) atoms. The third-order valence-electron chi connectivity index (χ3n) is 3.97. The second-order valence-electron chi connectivity index (χ2n) is 5.95. The van der Waals surface area contributed by atoms with Crippen LogP contribution in [0.4, 0.5) is 0 Å². The molecule has 1 atom stereocenters. The molecule has 1 amide bonds. The number of H-pyrrole nitrogens is 1. The van der Waals surface area contributed by atoms with Crippen molar-refractivity contribution in [3.05, 3.63) is 29.6 Å². The highest BCUT2D eigenvalue weighted by Gasteiger charge is 2.14. The number of carbonyl (C=O) groups excluding carboxylic acids is 1. The lowest BCUT2D eigenvalue weighted by atomic mass is 10.1. The first kappa shape index (κ1) is 16.0. The number of aromatic nitrogens is 2. The van der Waals surface area contributed by atoms with Gasteiger partial charge in [-0.15, -0.1) is 0 Å². The predicted octanol–water partition coefficient (Wildman–Crippen LogP) is 2.07. The van der Waals surface area contributed by atoms with E-state index in [2.05, 4.69) is 15.3 Å². The van der Waals surface area contributed by atoms with Gasteiger partial charge in [-0.1, -0.05) is 6.07 Å². The predicted molar refractivity (Wildman–Crippen MR) is 87.1 cm³/mol. The summed E-state index contributed by atoms with van der Waals surface area (Å²) in [7, 11) is 0. The number of amides is 1. The highest BCUT2D eigenvalue weighted by Crippen LogP contribution is 2.14. The van der Waals surface area contributed by atoms with E-state index in [-0.39, 0.29) is 18.6 Å². The molecule has 0 aliphatic carbocycles. The number of benzene rings is 1. The fraction of sp³-hybridized carbons (Fsp3) is 0.529. The highest BCUT2D eigenvalue weighted by molar-refractivity contribution is 5.78. The molecular formula is C17H23N3O3. The van der Waals surface area contributed by atoms with Gasteiger partial charge in [-0.05, 0) is 43.9 Å². The molecule has 1 fully saturated rings. The van der Waals surface area contributed by atoms with E-state index < -0.39 is 0 Å². The topological polar surface area (TPSA) is 76.2 Å². The summed E-state index contributed by atoms with van der Waals surface area (Å²) in [5, 5.41) is 2.87. The lowest BCUT2D eigenvalue weighted by Crippen LogP contribution is -2.30. The second-order valence-corrected chi connectivity index (χ2v) is 5.95. The summed E-state index contributed by atoms with van der Waals surface area (Å²) in [6.45, 7) is 3.78. The fourth-order valence-corrected chi connectivity index (χ4v) is 2.77. The van der Waals surface area contributed by atoms with E-state index in [0.29, 0.717) is 13.2 Å². The smallest absolute Gasteiger partial charge is 0.246 e. The summed E-state index contributed by atoms with van der Waals surface area (Å²) >= 11 is 0. The normalized spacial score (nSPS) is 18.2. The maximum atomic E-state index is 11.8. The number of carbonyl (C=O) groups is 1. The first-order valence-corrected chi connectivity index (χ1v) is 8.12. The quantitative estimate of drug-likeness (QED) is 0.855. The van der Waals surface area contributed by atoms with Crippen LogP contribution < -0.4 is 5.32 Å². The van der Waals surface area contributed by atoms with Crippen molar-refractivity contribution in [2.75, 3.05) is 19.8 Å². The van der Waals surface area contributed by atoms with Gasteiger partial charge in [0.25, 0.3) is 0 Å². The van der Waals surface area contributed by atoms with Crippen molar-refractivity contribution in [3.8, 4) is 0 Å². The molecule has 1 aromatic heterocycles. The summed E-state index contributed by atoms with van der Waals surface area (Å²) in [4.78, 5) is 19.4. The number of nitrogens with zero attached hydrogens (tertiary/aromatic N) is 1. The van der Waals surface area contributed by atoms with Crippen LogP contribution in [0.1, 0.15) is 30.7 Å². The monoisotopic (exact) mass is 317 g/mol. The molecule has 6 nitrogen and oxygen atoms in total. The number of aryl methyl sites for hydroxylation is 1. The Labute approximate surface area is 135 Å². The molecule has 6 heteroatoms. The molecule has 0 unspecified atom stereocenters. The Kier molecular flexibility index (Phi) is 5.25. The van der Waals surface area contributed by atoms with Crippen molar-refractivity contribution < 1.29 is 14.3 Å². The molecule has 2 aromatic rings. The Morgan fingerprint density at radius 3 is 3.22 bits per heavy atom. The van der Waals surface area contributed by atoms with E-state index >= 15 is 0 Å². The van der Waals surface area contributed by atoms with Crippen LogP contribution in [-0.4, -0.2) is 41.8 Å². The molecule has 1 aliphatic rings. The minimum atomic E-state index is -0.110. The standard InChI is InChI=1S/C17H23N3O3/c1-12-19-15-6-5-13(8-16(15)20-12)9-18-17(21)11-22-10-14-4-2-3-7-23-14/h5-6,8,14H,2-4,7,9-11H2,1H3,(H,18,21)(H,19,20)/t14-/m1/s1. The van der Waals surface area contributed by atoms with Gasteiger partial charge in [-0.25, -0.2) is 4.98 Å². The fourth-order valence-electron chi connectivity index (χ4n) is 2.77. The lowest BCUT2D eigenvalue weighted by Gasteiger charge is -2.22. The number of ether oxygens (including phenoxy) is 2. The van der Waals surface area contributed by atoms with Crippen LogP contribution in [0.25, 0.3) is 11.0 Å². The van der Waals surface area contributed by atoms with Gasteiger partial charge < -0.3 is 19.8 Å². The van der Waals surface area contributed by atoms with Crippen LogP contribution >= 0.6 is 0 Å². The van der Waals surface area contributed by atoms with Crippen molar-refractivity contribution in [1.29, 1.82) is 0 Å². The molecular weight excluding hydrogens is 294 g/mol. The summed E-state index contributed by atoms with van der Waals surface area (Å²) < 4.78 is 11.0. The molecule has 2 heterocycles. The number of nitrogens with one attached hydrogen (secondary N) is 2. The number of rotatable bonds is 6. The maximum absolute atomic E-state index is 11.8. The van der Waals surface area contributed by atoms with Gasteiger partial charge in [0, 0.05) is 13.2 Å². The van der Waals surface area contributed by atoms with Crippen LogP contribution in [0.2, 0.25) is 0 Å². The summed E-state index contributed by atoms with van der Waals surface area (Å²) in [5.74, 6) is 0.779. The van der Waals surface area contributed by atoms with Crippen LogP contribution in [0.3, 0.4) is 0 Å². The molecule has 124 valence electrons. The van der Waals surface area contributed by atoms with E-state index in [0.717, 1.165) is 41.9 Å². The largest absolute Gasteiger partial charge is 0.376 e. The average molecular weight is 317 g/mol. The van der Waals surface area contributed by atoms with Crippen LogP contribution in [0.15, 0.2) is 18.2 Å². The third-order valence-corrected chi connectivity index (χ3v) is 3.97. The molecule has 0 radical (unpaired) electrons. The zero-order valence-corrected chi connectivity index (χ0v) is 13.4. The first-order chi connectivity index (χ1) is 11.2. The summed E-state index contributed by atoms with van der Waals surface area (Å²) in [5.41, 5.74) is 2.96. The van der Waals surface area contributed by atoms with Crippen molar-refractivity contribution in [2.45, 2.75) is 38.8 Å². The van der Waals surface area contributed by atoms with E-state index in [9.17, 15) is 4.79 Å². The number of aromatic amines is 1. The van der Waals surface area contributed by atoms with Crippen molar-refractivity contribution in [1.82, 2.24) is 15.3 Å². The van der Waals surface area contributed by atoms with Crippen molar-refractivity contribution in [2.24, 2.45) is 0 Å². The van der Waals surface area contributed by atoms with Crippen molar-refractivity contribution in [3.63, 3.8) is 0 Å². The number of hydrogen-bond acceptors (Lipinski definition) is 4. The van der Waals surface area contributed by atoms with E-state index in [4.69, 9.17) is 9.47 Å². The number of hydrogen-bond donors (Lipinski definition) is 2. The van der Waals surface area contributed by atoms with Crippen molar-refractivity contribution >= 4 is 16.9 Å². The first-order valence-electron chi connectivity index (χ1n) is 8.12. The van der Waals surface area contributed by atoms with Gasteiger partial charge in [0.2, 0.25) is 5.91 Å². The second kappa shape index (κ2) is 7.57. The SMILES string of the molecule is Cc1nc2ccc(CNC(=O)COC[C@H]3CCCCO3)cc2[nH]1. The lowest BCUT2D eigenvalue weighted by molar-refractivity contribution is -0.128. The Morgan fingerprint density at radius 1 is 1.48 bits per heavy atom. The molecule has 0 spiro atoms. The van der Waals surface area contributed by atoms with Gasteiger partial charge >= 0.3 is 0 Å². The molecule has 1 aromatic carbocycles. The van der Waals surface area contributed by atoms with Gasteiger partial charge in [-0.3, -0.25) is 4.79 Å². The average Bonchev–Trinajstić information content (AvgIpc) is 2.93.